The minimum Gasteiger partial charge on any atom is -0.274 e. The van der Waals surface area contributed by atoms with E-state index in [1.165, 1.54) is 0 Å². The highest BCUT2D eigenvalue weighted by Crippen LogP contribution is 2.24. The fourth-order valence-electron chi connectivity index (χ4n) is 2.38. The summed E-state index contributed by atoms with van der Waals surface area (Å²) in [5.74, 6) is -1.97. The van der Waals surface area contributed by atoms with Gasteiger partial charge >= 0.3 is 15.6 Å². The van der Waals surface area contributed by atoms with Crippen LogP contribution in [0.15, 0.2) is 46.0 Å². The van der Waals surface area contributed by atoms with Crippen LogP contribution in [0.4, 0.5) is 22.0 Å². The molecule has 0 aliphatic carbocycles. The van der Waals surface area contributed by atoms with Crippen molar-refractivity contribution in [1.29, 1.82) is 0 Å². The second-order valence-corrected chi connectivity index (χ2v) is 6.78. The third-order valence-corrected chi connectivity index (χ3v) is 4.45. The Balaban J connectivity index is 2.58. The van der Waals surface area contributed by atoms with E-state index in [9.17, 15) is 40.0 Å². The maximum Gasteiger partial charge on any atom is 0.536 e. The van der Waals surface area contributed by atoms with Crippen molar-refractivity contribution in [1.82, 2.24) is 4.73 Å². The number of halogens is 5. The highest BCUT2D eigenvalue weighted by atomic mass is 32.2. The van der Waals surface area contributed by atoms with E-state index in [2.05, 4.69) is 4.28 Å². The molecule has 142 valence electrons. The average molecular weight is 407 g/mol. The Bertz CT molecular complexity index is 1240. The van der Waals surface area contributed by atoms with Crippen LogP contribution in [0.2, 0.25) is 0 Å². The number of rotatable bonds is 2. The summed E-state index contributed by atoms with van der Waals surface area (Å²) < 4.78 is 90.3. The minimum atomic E-state index is -6.41. The Morgan fingerprint density at radius 2 is 1.19 bits per heavy atom. The van der Waals surface area contributed by atoms with E-state index < -0.39 is 53.9 Å². The summed E-state index contributed by atoms with van der Waals surface area (Å²) in [5, 5.41) is -1.54. The first kappa shape index (κ1) is 18.8. The third kappa shape index (κ3) is 3.12. The lowest BCUT2D eigenvalue weighted by Crippen LogP contribution is -2.43. The van der Waals surface area contributed by atoms with Crippen LogP contribution in [0.25, 0.3) is 21.5 Å². The van der Waals surface area contributed by atoms with Crippen molar-refractivity contribution in [2.45, 2.75) is 5.51 Å². The van der Waals surface area contributed by atoms with Gasteiger partial charge in [-0.25, -0.2) is 8.78 Å². The van der Waals surface area contributed by atoms with Gasteiger partial charge in [0.1, 0.15) is 11.6 Å². The van der Waals surface area contributed by atoms with Gasteiger partial charge in [0, 0.05) is 0 Å². The Labute approximate surface area is 146 Å². The molecule has 3 rings (SSSR count). The first-order chi connectivity index (χ1) is 12.4. The molecule has 0 amide bonds. The SMILES string of the molecule is O=c1c2cc(F)ccc2c2ccc(F)cc2c(=O)n1OS(=O)(=O)C(F)(F)F. The second kappa shape index (κ2) is 6.01. The predicted octanol–water partition coefficient (Wildman–Crippen LogP) is 2.07. The summed E-state index contributed by atoms with van der Waals surface area (Å²) in [7, 11) is -6.41. The number of nitrogens with zero attached hydrogens (tertiary/aromatic N) is 1. The zero-order chi connectivity index (χ0) is 20.1. The van der Waals surface area contributed by atoms with Crippen LogP contribution in [0.1, 0.15) is 0 Å². The number of alkyl halides is 3. The summed E-state index contributed by atoms with van der Waals surface area (Å²) in [6, 6.07) is 5.03. The molecule has 0 unspecified atom stereocenters. The zero-order valence-electron chi connectivity index (χ0n) is 12.8. The Morgan fingerprint density at radius 1 is 0.778 bits per heavy atom. The van der Waals surface area contributed by atoms with Gasteiger partial charge in [-0.05, 0) is 35.0 Å². The molecule has 1 aromatic heterocycles. The molecular weight excluding hydrogens is 401 g/mol. The van der Waals surface area contributed by atoms with Crippen molar-refractivity contribution in [2.24, 2.45) is 0 Å². The fourth-order valence-corrected chi connectivity index (χ4v) is 2.79. The molecule has 12 heteroatoms. The van der Waals surface area contributed by atoms with Gasteiger partial charge in [-0.3, -0.25) is 13.9 Å². The van der Waals surface area contributed by atoms with Crippen molar-refractivity contribution >= 4 is 31.7 Å². The van der Waals surface area contributed by atoms with Gasteiger partial charge < -0.3 is 0 Å². The molecule has 0 atom stereocenters. The van der Waals surface area contributed by atoms with Crippen molar-refractivity contribution in [3.8, 4) is 0 Å². The highest BCUT2D eigenvalue weighted by molar-refractivity contribution is 7.87. The zero-order valence-corrected chi connectivity index (χ0v) is 13.6. The van der Waals surface area contributed by atoms with Crippen LogP contribution in [-0.4, -0.2) is 18.7 Å². The van der Waals surface area contributed by atoms with Gasteiger partial charge in [-0.15, -0.1) is 0 Å². The van der Waals surface area contributed by atoms with Gasteiger partial charge in [0.2, 0.25) is 0 Å². The maximum absolute atomic E-state index is 13.5. The number of benzene rings is 2. The molecule has 2 aromatic carbocycles. The molecule has 1 heterocycles. The van der Waals surface area contributed by atoms with Gasteiger partial charge in [-0.1, -0.05) is 16.9 Å². The van der Waals surface area contributed by atoms with Crippen LogP contribution >= 0.6 is 0 Å². The summed E-state index contributed by atoms with van der Waals surface area (Å²) in [4.78, 5) is 24.9. The Kier molecular flexibility index (Phi) is 4.18. The summed E-state index contributed by atoms with van der Waals surface area (Å²) in [5.41, 5.74) is -9.28. The lowest BCUT2D eigenvalue weighted by atomic mass is 10.1. The molecule has 0 N–H and O–H groups in total. The summed E-state index contributed by atoms with van der Waals surface area (Å²) >= 11 is 0. The summed E-state index contributed by atoms with van der Waals surface area (Å²) in [6.45, 7) is 0. The molecule has 0 bridgehead atoms. The standard InChI is InChI=1S/C15H6F5NO5S/c16-7-1-3-9-10-4-2-8(17)6-12(10)14(23)21(13(22)11(9)5-7)26-27(24,25)15(18,19)20/h1-6H. The van der Waals surface area contributed by atoms with E-state index >= 15 is 0 Å². The number of hydrogen-bond donors (Lipinski definition) is 0. The largest absolute Gasteiger partial charge is 0.536 e. The molecule has 0 aliphatic rings. The molecule has 0 saturated heterocycles. The monoisotopic (exact) mass is 407 g/mol. The van der Waals surface area contributed by atoms with Crippen LogP contribution in [0.5, 0.6) is 0 Å². The first-order valence-corrected chi connectivity index (χ1v) is 8.32. The fraction of sp³-hybridized carbons (Fsp3) is 0.0667. The van der Waals surface area contributed by atoms with Crippen LogP contribution in [0, 0.1) is 11.6 Å². The van der Waals surface area contributed by atoms with E-state index in [1.54, 1.807) is 0 Å². The summed E-state index contributed by atoms with van der Waals surface area (Å²) in [6.07, 6.45) is 0. The van der Waals surface area contributed by atoms with Crippen LogP contribution < -0.4 is 15.4 Å². The number of fused-ring (bicyclic) bond motifs is 3. The molecule has 3 aromatic rings. The highest BCUT2D eigenvalue weighted by Gasteiger charge is 2.49. The number of hydrogen-bond acceptors (Lipinski definition) is 5. The van der Waals surface area contributed by atoms with E-state index in [1.807, 2.05) is 0 Å². The molecule has 0 radical (unpaired) electrons. The second-order valence-electron chi connectivity index (χ2n) is 5.26. The predicted molar refractivity (Wildman–Crippen MR) is 83.5 cm³/mol. The van der Waals surface area contributed by atoms with Crippen molar-refractivity contribution in [3.05, 3.63) is 68.7 Å². The molecule has 6 nitrogen and oxygen atoms in total. The lowest BCUT2D eigenvalue weighted by molar-refractivity contribution is -0.0551. The molecule has 0 fully saturated rings. The molecular formula is C15H6F5NO5S. The topological polar surface area (TPSA) is 82.4 Å². The first-order valence-electron chi connectivity index (χ1n) is 6.91. The smallest absolute Gasteiger partial charge is 0.274 e. The molecule has 27 heavy (non-hydrogen) atoms. The van der Waals surface area contributed by atoms with Crippen LogP contribution in [-0.2, 0) is 10.1 Å². The Hall–Kier alpha value is -3.02. The average Bonchev–Trinajstić information content (AvgIpc) is 2.64. The van der Waals surface area contributed by atoms with Crippen molar-refractivity contribution in [2.75, 3.05) is 0 Å². The van der Waals surface area contributed by atoms with Crippen molar-refractivity contribution in [3.63, 3.8) is 0 Å². The molecule has 0 spiro atoms. The minimum absolute atomic E-state index is 0.125. The quantitative estimate of drug-likeness (QED) is 0.480. The lowest BCUT2D eigenvalue weighted by Gasteiger charge is -2.08. The molecule has 0 saturated carbocycles. The maximum atomic E-state index is 13.5. The van der Waals surface area contributed by atoms with Gasteiger partial charge in [0.25, 0.3) is 11.1 Å². The molecule has 0 aliphatic heterocycles. The normalized spacial score (nSPS) is 12.5. The van der Waals surface area contributed by atoms with Crippen LogP contribution in [0.3, 0.4) is 0 Å². The van der Waals surface area contributed by atoms with E-state index in [4.69, 9.17) is 0 Å². The van der Waals surface area contributed by atoms with Gasteiger partial charge in [-0.2, -0.15) is 21.6 Å². The van der Waals surface area contributed by atoms with E-state index in [0.717, 1.165) is 24.3 Å². The Morgan fingerprint density at radius 3 is 1.56 bits per heavy atom. The third-order valence-electron chi connectivity index (χ3n) is 3.54. The number of aromatic nitrogens is 1. The van der Waals surface area contributed by atoms with Gasteiger partial charge in [0.05, 0.1) is 10.8 Å². The van der Waals surface area contributed by atoms with Crippen molar-refractivity contribution < 1.29 is 34.7 Å². The van der Waals surface area contributed by atoms with E-state index in [-0.39, 0.29) is 10.8 Å². The van der Waals surface area contributed by atoms with Gasteiger partial charge in [0.15, 0.2) is 0 Å². The van der Waals surface area contributed by atoms with E-state index in [0.29, 0.717) is 12.1 Å².